The van der Waals surface area contributed by atoms with Crippen LogP contribution in [0.2, 0.25) is 0 Å². The van der Waals surface area contributed by atoms with Gasteiger partial charge in [-0.2, -0.15) is 0 Å². The van der Waals surface area contributed by atoms with Crippen molar-refractivity contribution in [2.45, 2.75) is 26.2 Å². The molecule has 0 aromatic rings. The smallest absolute Gasteiger partial charge is 0.0391 e. The Morgan fingerprint density at radius 1 is 1.50 bits per heavy atom. The van der Waals surface area contributed by atoms with Gasteiger partial charge in [-0.1, -0.05) is 6.92 Å². The van der Waals surface area contributed by atoms with E-state index in [9.17, 15) is 0 Å². The van der Waals surface area contributed by atoms with E-state index in [1.165, 1.54) is 25.8 Å². The molecule has 1 aliphatic rings. The van der Waals surface area contributed by atoms with E-state index in [4.69, 9.17) is 0 Å². The van der Waals surface area contributed by atoms with Gasteiger partial charge < -0.3 is 0 Å². The summed E-state index contributed by atoms with van der Waals surface area (Å²) in [6.07, 6.45) is 3.99. The van der Waals surface area contributed by atoms with E-state index < -0.39 is 0 Å². The molecule has 1 aliphatic carbocycles. The van der Waals surface area contributed by atoms with Gasteiger partial charge in [-0.15, -0.1) is 0 Å². The molecule has 1 saturated carbocycles. The molecule has 0 saturated heterocycles. The summed E-state index contributed by atoms with van der Waals surface area (Å²) in [6, 6.07) is 1.65. The van der Waals surface area contributed by atoms with Crippen LogP contribution in [0.5, 0.6) is 0 Å². The lowest BCUT2D eigenvalue weighted by molar-refractivity contribution is 0.393. The Balaban J connectivity index is 2.03. The van der Waals surface area contributed by atoms with Gasteiger partial charge in [0.15, 0.2) is 0 Å². The molecule has 1 nitrogen and oxygen atoms in total. The van der Waals surface area contributed by atoms with Crippen LogP contribution >= 0.6 is 0 Å². The van der Waals surface area contributed by atoms with Crippen LogP contribution in [0.3, 0.4) is 0 Å². The highest BCUT2D eigenvalue weighted by Crippen LogP contribution is 2.34. The predicted octanol–water partition coefficient (Wildman–Crippen LogP) is 1.65. The van der Waals surface area contributed by atoms with Crippen LogP contribution in [0.15, 0.2) is 0 Å². The molecule has 0 aromatic heterocycles. The fraction of sp³-hybridized carbons (Fsp3) is 0.857. The monoisotopic (exact) mass is 112 g/mol. The molecule has 0 spiro atoms. The third-order valence-corrected chi connectivity index (χ3v) is 1.57. The highest BCUT2D eigenvalue weighted by atomic mass is 15.1. The van der Waals surface area contributed by atoms with Crippen LogP contribution in [0.1, 0.15) is 26.2 Å². The van der Waals surface area contributed by atoms with Gasteiger partial charge in [0.25, 0.3) is 0 Å². The van der Waals surface area contributed by atoms with Crippen molar-refractivity contribution in [1.82, 2.24) is 4.90 Å². The summed E-state index contributed by atoms with van der Waals surface area (Å²) in [5.74, 6) is 0. The summed E-state index contributed by atoms with van der Waals surface area (Å²) < 4.78 is 0. The van der Waals surface area contributed by atoms with E-state index in [2.05, 4.69) is 18.9 Å². The lowest BCUT2D eigenvalue weighted by Gasteiger charge is -2.11. The zero-order chi connectivity index (χ0) is 5.98. The average molecular weight is 112 g/mol. The molecule has 0 atom stereocenters. The fourth-order valence-electron chi connectivity index (χ4n) is 0.931. The lowest BCUT2D eigenvalue weighted by atomic mass is 10.4. The number of hydrogen-bond donors (Lipinski definition) is 0. The molecular formula is C7H14N. The molecule has 0 bridgehead atoms. The Hall–Kier alpha value is -0.0400. The third-order valence-electron chi connectivity index (χ3n) is 1.57. The Morgan fingerprint density at radius 3 is 2.50 bits per heavy atom. The second-order valence-corrected chi connectivity index (χ2v) is 2.49. The van der Waals surface area contributed by atoms with Crippen LogP contribution in [0, 0.1) is 6.04 Å². The maximum Gasteiger partial charge on any atom is 0.0391 e. The summed E-state index contributed by atoms with van der Waals surface area (Å²) >= 11 is 0. The second kappa shape index (κ2) is 2.49. The van der Waals surface area contributed by atoms with E-state index in [0.717, 1.165) is 0 Å². The number of nitrogens with zero attached hydrogens (tertiary/aromatic N) is 1. The minimum atomic E-state index is 1.25. The predicted molar refractivity (Wildman–Crippen MR) is 35.4 cm³/mol. The zero-order valence-corrected chi connectivity index (χ0v) is 5.78. The first-order chi connectivity index (χ1) is 3.84. The minimum absolute atomic E-state index is 1.25. The molecule has 1 fully saturated rings. The first-order valence-corrected chi connectivity index (χ1v) is 3.40. The maximum atomic E-state index is 2.38. The summed E-state index contributed by atoms with van der Waals surface area (Å²) in [7, 11) is 2.19. The van der Waals surface area contributed by atoms with Crippen molar-refractivity contribution in [2.75, 3.05) is 13.6 Å². The molecule has 47 valence electrons. The largest absolute Gasteiger partial charge is 0.299 e. The van der Waals surface area contributed by atoms with E-state index >= 15 is 0 Å². The summed E-state index contributed by atoms with van der Waals surface area (Å²) in [5.41, 5.74) is 0. The Kier molecular flexibility index (Phi) is 1.90. The van der Waals surface area contributed by atoms with Crippen molar-refractivity contribution in [2.24, 2.45) is 0 Å². The van der Waals surface area contributed by atoms with E-state index in [1.807, 2.05) is 0 Å². The van der Waals surface area contributed by atoms with Crippen molar-refractivity contribution < 1.29 is 0 Å². The van der Waals surface area contributed by atoms with Gasteiger partial charge in [-0.05, 0) is 32.9 Å². The van der Waals surface area contributed by atoms with E-state index in [0.29, 0.717) is 0 Å². The van der Waals surface area contributed by atoms with Crippen LogP contribution in [0.25, 0.3) is 0 Å². The van der Waals surface area contributed by atoms with Crippen molar-refractivity contribution in [3.63, 3.8) is 0 Å². The van der Waals surface area contributed by atoms with Crippen molar-refractivity contribution in [1.29, 1.82) is 0 Å². The molecular weight excluding hydrogens is 98.1 g/mol. The van der Waals surface area contributed by atoms with Gasteiger partial charge >= 0.3 is 0 Å². The van der Waals surface area contributed by atoms with Gasteiger partial charge in [0.2, 0.25) is 0 Å². The molecule has 8 heavy (non-hydrogen) atoms. The lowest BCUT2D eigenvalue weighted by Crippen LogP contribution is -2.15. The normalized spacial score (nSPS) is 19.9. The van der Waals surface area contributed by atoms with Gasteiger partial charge in [0, 0.05) is 6.04 Å². The summed E-state index contributed by atoms with van der Waals surface area (Å²) in [4.78, 5) is 2.38. The quantitative estimate of drug-likeness (QED) is 0.536. The van der Waals surface area contributed by atoms with Gasteiger partial charge in [-0.25, -0.2) is 0 Å². The summed E-state index contributed by atoms with van der Waals surface area (Å²) in [6.45, 7) is 3.47. The van der Waals surface area contributed by atoms with E-state index in [1.54, 1.807) is 6.04 Å². The topological polar surface area (TPSA) is 3.24 Å². The Bertz CT molecular complexity index is 66.8. The van der Waals surface area contributed by atoms with Crippen molar-refractivity contribution in [3.05, 3.63) is 6.04 Å². The Morgan fingerprint density at radius 2 is 2.12 bits per heavy atom. The SMILES string of the molecule is CCCN(C)[C]1CC1. The maximum absolute atomic E-state index is 2.38. The molecule has 0 aromatic carbocycles. The van der Waals surface area contributed by atoms with Gasteiger partial charge in [-0.3, -0.25) is 4.90 Å². The number of rotatable bonds is 3. The molecule has 0 unspecified atom stereocenters. The van der Waals surface area contributed by atoms with Crippen molar-refractivity contribution in [3.8, 4) is 0 Å². The molecule has 1 radical (unpaired) electrons. The van der Waals surface area contributed by atoms with Crippen LogP contribution < -0.4 is 0 Å². The van der Waals surface area contributed by atoms with Crippen molar-refractivity contribution >= 4 is 0 Å². The average Bonchev–Trinajstić information content (AvgIpc) is 2.45. The van der Waals surface area contributed by atoms with E-state index in [-0.39, 0.29) is 0 Å². The van der Waals surface area contributed by atoms with Crippen LogP contribution in [-0.4, -0.2) is 18.5 Å². The van der Waals surface area contributed by atoms with Crippen LogP contribution in [-0.2, 0) is 0 Å². The third kappa shape index (κ3) is 1.48. The number of hydrogen-bond acceptors (Lipinski definition) is 1. The molecule has 0 aliphatic heterocycles. The second-order valence-electron chi connectivity index (χ2n) is 2.49. The first kappa shape index (κ1) is 6.09. The molecule has 1 rings (SSSR count). The standard InChI is InChI=1S/C7H14N/c1-3-6-8(2)7-4-5-7/h3-6H2,1-2H3. The molecule has 1 heteroatoms. The van der Waals surface area contributed by atoms with Gasteiger partial charge in [0.1, 0.15) is 0 Å². The highest BCUT2D eigenvalue weighted by Gasteiger charge is 2.25. The fourth-order valence-corrected chi connectivity index (χ4v) is 0.931. The van der Waals surface area contributed by atoms with Crippen LogP contribution in [0.4, 0.5) is 0 Å². The first-order valence-electron chi connectivity index (χ1n) is 3.40. The molecule has 0 amide bonds. The Labute approximate surface area is 51.7 Å². The minimum Gasteiger partial charge on any atom is -0.299 e. The summed E-state index contributed by atoms with van der Waals surface area (Å²) in [5, 5.41) is 0. The molecule has 0 N–H and O–H groups in total. The molecule has 0 heterocycles. The highest BCUT2D eigenvalue weighted by molar-refractivity contribution is 5.02. The van der Waals surface area contributed by atoms with Gasteiger partial charge in [0.05, 0.1) is 0 Å². The zero-order valence-electron chi connectivity index (χ0n) is 5.78.